The molecule has 3 heterocycles. The number of rotatable bonds is 6. The molecule has 1 N–H and O–H groups in total. The molecule has 6 rings (SSSR count). The molecule has 0 saturated carbocycles. The Morgan fingerprint density at radius 1 is 1.02 bits per heavy atom. The van der Waals surface area contributed by atoms with Crippen molar-refractivity contribution in [2.45, 2.75) is 25.8 Å². The van der Waals surface area contributed by atoms with Gasteiger partial charge in [0.25, 0.3) is 23.8 Å². The Morgan fingerprint density at radius 2 is 1.74 bits per heavy atom. The van der Waals surface area contributed by atoms with Crippen LogP contribution in [0.25, 0.3) is 11.3 Å². The van der Waals surface area contributed by atoms with Crippen LogP contribution in [-0.2, 0) is 19.4 Å². The molecule has 0 unspecified atom stereocenters. The first kappa shape index (κ1) is 28.5. The van der Waals surface area contributed by atoms with Gasteiger partial charge in [-0.2, -0.15) is 5.10 Å². The summed E-state index contributed by atoms with van der Waals surface area (Å²) in [5.41, 5.74) is 4.18. The smallest absolute Gasteiger partial charge is 0.264 e. The minimum atomic E-state index is -2.74. The third-order valence-electron chi connectivity index (χ3n) is 7.68. The van der Waals surface area contributed by atoms with E-state index in [0.717, 1.165) is 11.1 Å². The molecule has 0 bridgehead atoms. The molecule has 1 aliphatic heterocycles. The highest BCUT2D eigenvalue weighted by atomic mass is 79.9. The van der Waals surface area contributed by atoms with Crippen LogP contribution in [0, 0.1) is 0 Å². The van der Waals surface area contributed by atoms with Crippen LogP contribution in [0.1, 0.15) is 55.1 Å². The third kappa shape index (κ3) is 5.25. The Hall–Kier alpha value is -4.64. The SMILES string of the molecule is CNC(=O)c1ccc(-n2c(=O)c3c(n4ncc(Cc5ccccc5)c24)CN(C(=O)c2ccc(Br)c(C(F)F)c2)CC3)cc1. The maximum atomic E-state index is 14.2. The van der Waals surface area contributed by atoms with E-state index in [-0.39, 0.29) is 46.6 Å². The average molecular weight is 646 g/mol. The van der Waals surface area contributed by atoms with Crippen LogP contribution in [0.2, 0.25) is 0 Å². The molecular formula is C32H26BrF2N5O3. The summed E-state index contributed by atoms with van der Waals surface area (Å²) in [5, 5.41) is 7.28. The summed E-state index contributed by atoms with van der Waals surface area (Å²) in [6.07, 6.45) is -0.239. The van der Waals surface area contributed by atoms with Gasteiger partial charge in [0.1, 0.15) is 5.65 Å². The minimum absolute atomic E-state index is 0.0862. The normalized spacial score (nSPS) is 12.9. The van der Waals surface area contributed by atoms with Crippen molar-refractivity contribution in [3.8, 4) is 5.69 Å². The van der Waals surface area contributed by atoms with Crippen LogP contribution in [0.4, 0.5) is 8.78 Å². The number of hydrogen-bond acceptors (Lipinski definition) is 4. The maximum absolute atomic E-state index is 14.2. The summed E-state index contributed by atoms with van der Waals surface area (Å²) < 4.78 is 30.6. The van der Waals surface area contributed by atoms with Crippen LogP contribution in [0.3, 0.4) is 0 Å². The third-order valence-corrected chi connectivity index (χ3v) is 8.41. The summed E-state index contributed by atoms with van der Waals surface area (Å²) in [4.78, 5) is 41.3. The molecule has 5 aromatic rings. The van der Waals surface area contributed by atoms with Crippen molar-refractivity contribution in [2.75, 3.05) is 13.6 Å². The Bertz CT molecular complexity index is 1920. The molecule has 0 radical (unpaired) electrons. The van der Waals surface area contributed by atoms with Crippen molar-refractivity contribution < 1.29 is 18.4 Å². The monoisotopic (exact) mass is 645 g/mol. The zero-order valence-corrected chi connectivity index (χ0v) is 24.6. The second-order valence-electron chi connectivity index (χ2n) is 10.3. The molecular weight excluding hydrogens is 620 g/mol. The van der Waals surface area contributed by atoms with Crippen molar-refractivity contribution in [3.05, 3.63) is 133 Å². The van der Waals surface area contributed by atoms with Crippen molar-refractivity contribution in [2.24, 2.45) is 0 Å². The number of alkyl halides is 2. The van der Waals surface area contributed by atoms with E-state index in [2.05, 4.69) is 26.3 Å². The summed E-state index contributed by atoms with van der Waals surface area (Å²) in [7, 11) is 1.55. The fraction of sp³-hybridized carbons (Fsp3) is 0.188. The van der Waals surface area contributed by atoms with E-state index in [9.17, 15) is 23.2 Å². The maximum Gasteiger partial charge on any atom is 0.264 e. The van der Waals surface area contributed by atoms with Gasteiger partial charge in [0.2, 0.25) is 0 Å². The van der Waals surface area contributed by atoms with Gasteiger partial charge in [0.05, 0.1) is 24.1 Å². The Morgan fingerprint density at radius 3 is 2.44 bits per heavy atom. The van der Waals surface area contributed by atoms with Crippen LogP contribution < -0.4 is 10.9 Å². The highest BCUT2D eigenvalue weighted by Crippen LogP contribution is 2.30. The lowest BCUT2D eigenvalue weighted by Crippen LogP contribution is -2.41. The van der Waals surface area contributed by atoms with Gasteiger partial charge < -0.3 is 10.2 Å². The standard InChI is InChI=1S/C32H26BrF2N5O3/c1-36-29(41)20-7-10-23(11-8-20)39-30-22(15-19-5-3-2-4-6-19)17-37-40(30)27-18-38(14-13-24(27)32(39)43)31(42)21-9-12-26(33)25(16-21)28(34)35/h2-12,16-17,28H,13-15,18H2,1H3,(H,36,41). The average Bonchev–Trinajstić information content (AvgIpc) is 3.44. The van der Waals surface area contributed by atoms with E-state index in [1.165, 1.54) is 18.2 Å². The number of halogens is 3. The molecule has 0 fully saturated rings. The number of benzene rings is 3. The number of nitrogens with one attached hydrogen (secondary N) is 1. The molecule has 11 heteroatoms. The number of aromatic nitrogens is 3. The van der Waals surface area contributed by atoms with E-state index in [1.807, 2.05) is 30.3 Å². The lowest BCUT2D eigenvalue weighted by molar-refractivity contribution is 0.0729. The first-order chi connectivity index (χ1) is 20.8. The summed E-state index contributed by atoms with van der Waals surface area (Å²) in [5.74, 6) is -0.640. The van der Waals surface area contributed by atoms with E-state index >= 15 is 0 Å². The molecule has 0 spiro atoms. The van der Waals surface area contributed by atoms with Gasteiger partial charge in [-0.25, -0.2) is 13.3 Å². The zero-order chi connectivity index (χ0) is 30.2. The molecule has 0 atom stereocenters. The molecule has 3 aromatic carbocycles. The molecule has 0 aliphatic carbocycles. The Kier molecular flexibility index (Phi) is 7.66. The number of carbonyl (C=O) groups is 2. The van der Waals surface area contributed by atoms with Gasteiger partial charge in [-0.15, -0.1) is 0 Å². The van der Waals surface area contributed by atoms with E-state index in [1.54, 1.807) is 51.5 Å². The van der Waals surface area contributed by atoms with E-state index in [0.29, 0.717) is 34.6 Å². The largest absolute Gasteiger partial charge is 0.355 e. The van der Waals surface area contributed by atoms with Crippen LogP contribution in [0.15, 0.2) is 88.3 Å². The first-order valence-electron chi connectivity index (χ1n) is 13.6. The van der Waals surface area contributed by atoms with Crippen molar-refractivity contribution in [1.29, 1.82) is 0 Å². The van der Waals surface area contributed by atoms with E-state index < -0.39 is 12.3 Å². The quantitative estimate of drug-likeness (QED) is 0.270. The number of nitrogens with zero attached hydrogens (tertiary/aromatic N) is 4. The van der Waals surface area contributed by atoms with Crippen molar-refractivity contribution in [1.82, 2.24) is 24.4 Å². The molecule has 218 valence electrons. The number of carbonyl (C=O) groups excluding carboxylic acids is 2. The second kappa shape index (κ2) is 11.6. The van der Waals surface area contributed by atoms with Gasteiger partial charge in [-0.3, -0.25) is 19.0 Å². The fourth-order valence-electron chi connectivity index (χ4n) is 5.50. The lowest BCUT2D eigenvalue weighted by atomic mass is 10.0. The van der Waals surface area contributed by atoms with Gasteiger partial charge in [0, 0.05) is 52.3 Å². The van der Waals surface area contributed by atoms with Crippen LogP contribution in [-0.4, -0.2) is 44.5 Å². The van der Waals surface area contributed by atoms with Gasteiger partial charge >= 0.3 is 0 Å². The molecule has 1 aliphatic rings. The second-order valence-corrected chi connectivity index (χ2v) is 11.1. The summed E-state index contributed by atoms with van der Waals surface area (Å²) in [6, 6.07) is 20.7. The predicted octanol–water partition coefficient (Wildman–Crippen LogP) is 5.33. The highest BCUT2D eigenvalue weighted by Gasteiger charge is 2.30. The zero-order valence-electron chi connectivity index (χ0n) is 23.1. The van der Waals surface area contributed by atoms with Gasteiger partial charge in [0.15, 0.2) is 0 Å². The Labute approximate surface area is 253 Å². The van der Waals surface area contributed by atoms with Crippen LogP contribution >= 0.6 is 15.9 Å². The van der Waals surface area contributed by atoms with Gasteiger partial charge in [-0.05, 0) is 54.4 Å². The number of hydrogen-bond donors (Lipinski definition) is 1. The summed E-state index contributed by atoms with van der Waals surface area (Å²) >= 11 is 3.13. The highest BCUT2D eigenvalue weighted by molar-refractivity contribution is 9.10. The number of fused-ring (bicyclic) bond motifs is 3. The van der Waals surface area contributed by atoms with Crippen molar-refractivity contribution >= 4 is 33.4 Å². The number of amides is 2. The lowest BCUT2D eigenvalue weighted by Gasteiger charge is -2.30. The summed E-state index contributed by atoms with van der Waals surface area (Å²) in [6.45, 7) is 0.323. The Balaban J connectivity index is 1.47. The van der Waals surface area contributed by atoms with Crippen molar-refractivity contribution in [3.63, 3.8) is 0 Å². The van der Waals surface area contributed by atoms with Crippen LogP contribution in [0.5, 0.6) is 0 Å². The molecule has 43 heavy (non-hydrogen) atoms. The van der Waals surface area contributed by atoms with E-state index in [4.69, 9.17) is 0 Å². The topological polar surface area (TPSA) is 88.7 Å². The molecule has 0 saturated heterocycles. The fourth-order valence-corrected chi connectivity index (χ4v) is 5.92. The minimum Gasteiger partial charge on any atom is -0.355 e. The first-order valence-corrected chi connectivity index (χ1v) is 14.4. The van der Waals surface area contributed by atoms with Gasteiger partial charge in [-0.1, -0.05) is 46.3 Å². The molecule has 2 aromatic heterocycles. The molecule has 8 nitrogen and oxygen atoms in total. The molecule has 2 amide bonds. The predicted molar refractivity (Wildman–Crippen MR) is 161 cm³/mol.